The summed E-state index contributed by atoms with van der Waals surface area (Å²) in [6, 6.07) is 4.12. The van der Waals surface area contributed by atoms with Gasteiger partial charge in [0.1, 0.15) is 5.76 Å². The van der Waals surface area contributed by atoms with Crippen molar-refractivity contribution in [3.8, 4) is 0 Å². The minimum Gasteiger partial charge on any atom is -0.772 e. The normalized spacial score (nSPS) is 15.1. The molecule has 1 N–H and O–H groups in total. The molecule has 86 valence electrons. The van der Waals surface area contributed by atoms with E-state index >= 15 is 0 Å². The van der Waals surface area contributed by atoms with Gasteiger partial charge in [-0.05, 0) is 25.5 Å². The molecule has 0 spiro atoms. The molecule has 0 bridgehead atoms. The predicted molar refractivity (Wildman–Crippen MR) is 58.3 cm³/mol. The van der Waals surface area contributed by atoms with Gasteiger partial charge in [0.25, 0.3) is 0 Å². The molecule has 1 heterocycles. The topological polar surface area (TPSA) is 65.3 Å². The van der Waals surface area contributed by atoms with E-state index in [1.165, 1.54) is 0 Å². The lowest BCUT2D eigenvalue weighted by atomic mass is 10.1. The smallest absolute Gasteiger partial charge is 0.103 e. The zero-order chi connectivity index (χ0) is 11.1. The number of hydrogen-bond acceptors (Lipinski definition) is 4. The highest BCUT2D eigenvalue weighted by molar-refractivity contribution is 7.79. The van der Waals surface area contributed by atoms with E-state index in [0.29, 0.717) is 12.6 Å². The summed E-state index contributed by atoms with van der Waals surface area (Å²) in [5.41, 5.74) is 0. The first-order valence-corrected chi connectivity index (χ1v) is 6.24. The Morgan fingerprint density at radius 2 is 2.47 bits per heavy atom. The van der Waals surface area contributed by atoms with Crippen LogP contribution < -0.4 is 5.32 Å². The van der Waals surface area contributed by atoms with Crippen molar-refractivity contribution in [3.63, 3.8) is 0 Å². The van der Waals surface area contributed by atoms with Crippen LogP contribution in [0, 0.1) is 0 Å². The SMILES string of the molecule is CC(CCc1ccco1)NCCS(=O)[O-]. The van der Waals surface area contributed by atoms with Crippen molar-refractivity contribution in [2.24, 2.45) is 0 Å². The van der Waals surface area contributed by atoms with Crippen LogP contribution in [0.1, 0.15) is 19.1 Å². The Bertz CT molecular complexity index is 287. The molecule has 15 heavy (non-hydrogen) atoms. The molecule has 1 aromatic rings. The molecule has 2 atom stereocenters. The molecule has 0 saturated heterocycles. The van der Waals surface area contributed by atoms with E-state index in [1.807, 2.05) is 19.1 Å². The van der Waals surface area contributed by atoms with E-state index in [4.69, 9.17) is 4.42 Å². The van der Waals surface area contributed by atoms with Crippen molar-refractivity contribution in [1.29, 1.82) is 0 Å². The van der Waals surface area contributed by atoms with Crippen LogP contribution in [0.3, 0.4) is 0 Å². The Balaban J connectivity index is 2.08. The summed E-state index contributed by atoms with van der Waals surface area (Å²) in [5.74, 6) is 1.14. The van der Waals surface area contributed by atoms with E-state index in [1.54, 1.807) is 6.26 Å². The van der Waals surface area contributed by atoms with Gasteiger partial charge in [-0.2, -0.15) is 0 Å². The summed E-state index contributed by atoms with van der Waals surface area (Å²) in [7, 11) is 0. The van der Waals surface area contributed by atoms with Crippen molar-refractivity contribution in [2.75, 3.05) is 12.3 Å². The molecular formula is C10H16NO3S-. The molecule has 0 saturated carbocycles. The van der Waals surface area contributed by atoms with Crippen LogP contribution in [0.4, 0.5) is 0 Å². The van der Waals surface area contributed by atoms with Crippen LogP contribution in [-0.4, -0.2) is 27.1 Å². The van der Waals surface area contributed by atoms with Gasteiger partial charge in [0.2, 0.25) is 0 Å². The minimum absolute atomic E-state index is 0.172. The van der Waals surface area contributed by atoms with E-state index in [2.05, 4.69) is 5.32 Å². The van der Waals surface area contributed by atoms with Crippen LogP contribution >= 0.6 is 0 Å². The maximum absolute atomic E-state index is 10.3. The largest absolute Gasteiger partial charge is 0.772 e. The van der Waals surface area contributed by atoms with Crippen molar-refractivity contribution in [3.05, 3.63) is 24.2 Å². The van der Waals surface area contributed by atoms with Gasteiger partial charge in [0, 0.05) is 24.8 Å². The second-order valence-corrected chi connectivity index (χ2v) is 4.50. The highest BCUT2D eigenvalue weighted by Crippen LogP contribution is 2.05. The second-order valence-electron chi connectivity index (χ2n) is 3.48. The predicted octanol–water partition coefficient (Wildman–Crippen LogP) is 1.07. The standard InChI is InChI=1S/C10H17NO3S/c1-9(11-6-8-15(12)13)4-5-10-3-2-7-14-10/h2-3,7,9,11H,4-6,8H2,1H3,(H,12,13)/p-1. The first-order chi connectivity index (χ1) is 7.18. The van der Waals surface area contributed by atoms with Crippen molar-refractivity contribution >= 4 is 11.1 Å². The maximum atomic E-state index is 10.3. The Hall–Kier alpha value is -0.650. The summed E-state index contributed by atoms with van der Waals surface area (Å²) in [4.78, 5) is 0. The third-order valence-electron chi connectivity index (χ3n) is 2.17. The van der Waals surface area contributed by atoms with Gasteiger partial charge in [-0.1, -0.05) is 11.1 Å². The first kappa shape index (κ1) is 12.4. The molecule has 4 nitrogen and oxygen atoms in total. The number of rotatable bonds is 7. The number of nitrogens with one attached hydrogen (secondary N) is 1. The molecular weight excluding hydrogens is 214 g/mol. The molecule has 0 fully saturated rings. The van der Waals surface area contributed by atoms with Crippen LogP contribution in [-0.2, 0) is 17.5 Å². The van der Waals surface area contributed by atoms with E-state index in [9.17, 15) is 8.76 Å². The van der Waals surface area contributed by atoms with Crippen LogP contribution in [0.5, 0.6) is 0 Å². The Morgan fingerprint density at radius 3 is 3.07 bits per heavy atom. The van der Waals surface area contributed by atoms with E-state index in [0.717, 1.165) is 18.6 Å². The summed E-state index contributed by atoms with van der Waals surface area (Å²) in [6.45, 7) is 2.55. The Labute approximate surface area is 92.3 Å². The lowest BCUT2D eigenvalue weighted by Gasteiger charge is -2.13. The van der Waals surface area contributed by atoms with Crippen LogP contribution in [0.25, 0.3) is 0 Å². The van der Waals surface area contributed by atoms with Crippen molar-refractivity contribution in [2.45, 2.75) is 25.8 Å². The van der Waals surface area contributed by atoms with Crippen LogP contribution in [0.15, 0.2) is 22.8 Å². The first-order valence-electron chi connectivity index (χ1n) is 5.00. The molecule has 1 rings (SSSR count). The molecule has 2 unspecified atom stereocenters. The summed E-state index contributed by atoms with van der Waals surface area (Å²) in [6.07, 6.45) is 3.48. The lowest BCUT2D eigenvalue weighted by molar-refractivity contribution is 0.464. The van der Waals surface area contributed by atoms with Gasteiger partial charge < -0.3 is 14.3 Å². The van der Waals surface area contributed by atoms with Gasteiger partial charge in [0.05, 0.1) is 6.26 Å². The third kappa shape index (κ3) is 5.71. The van der Waals surface area contributed by atoms with Gasteiger partial charge in [-0.3, -0.25) is 4.21 Å². The fourth-order valence-electron chi connectivity index (χ4n) is 1.30. The highest BCUT2D eigenvalue weighted by atomic mass is 32.2. The zero-order valence-electron chi connectivity index (χ0n) is 8.77. The molecule has 0 radical (unpaired) electrons. The average Bonchev–Trinajstić information content (AvgIpc) is 2.66. The van der Waals surface area contributed by atoms with Crippen molar-refractivity contribution in [1.82, 2.24) is 5.32 Å². The maximum Gasteiger partial charge on any atom is 0.103 e. The minimum atomic E-state index is -1.95. The molecule has 1 aromatic heterocycles. The monoisotopic (exact) mass is 230 g/mol. The second kappa shape index (κ2) is 6.76. The molecule has 0 amide bonds. The molecule has 0 aliphatic carbocycles. The summed E-state index contributed by atoms with van der Waals surface area (Å²) < 4.78 is 25.7. The fraction of sp³-hybridized carbons (Fsp3) is 0.600. The number of aryl methyl sites for hydroxylation is 1. The van der Waals surface area contributed by atoms with Gasteiger partial charge in [0.15, 0.2) is 0 Å². The Kier molecular flexibility index (Phi) is 5.60. The number of hydrogen-bond donors (Lipinski definition) is 1. The zero-order valence-corrected chi connectivity index (χ0v) is 9.59. The summed E-state index contributed by atoms with van der Waals surface area (Å²) in [5, 5.41) is 3.14. The van der Waals surface area contributed by atoms with Gasteiger partial charge >= 0.3 is 0 Å². The molecule has 0 aromatic carbocycles. The van der Waals surface area contributed by atoms with Crippen LogP contribution in [0.2, 0.25) is 0 Å². The van der Waals surface area contributed by atoms with Crippen molar-refractivity contribution < 1.29 is 13.2 Å². The van der Waals surface area contributed by atoms with E-state index < -0.39 is 11.1 Å². The quantitative estimate of drug-likeness (QED) is 0.712. The van der Waals surface area contributed by atoms with Gasteiger partial charge in [-0.25, -0.2) is 0 Å². The van der Waals surface area contributed by atoms with E-state index in [-0.39, 0.29) is 5.75 Å². The summed E-state index contributed by atoms with van der Waals surface area (Å²) >= 11 is -1.95. The highest BCUT2D eigenvalue weighted by Gasteiger charge is 2.02. The molecule has 0 aliphatic heterocycles. The average molecular weight is 230 g/mol. The third-order valence-corrected chi connectivity index (χ3v) is 2.70. The fourth-order valence-corrected chi connectivity index (χ4v) is 1.59. The Morgan fingerprint density at radius 1 is 1.67 bits per heavy atom. The van der Waals surface area contributed by atoms with Gasteiger partial charge in [-0.15, -0.1) is 0 Å². The number of furan rings is 1. The molecule has 5 heteroatoms. The lowest BCUT2D eigenvalue weighted by Crippen LogP contribution is -2.30. The molecule has 0 aliphatic rings.